The smallest absolute Gasteiger partial charge is 0.224 e. The SMILES string of the molecule is CNC.COc1nc(Cl)cc2c1C1(O)CCC(c3ccccc3)C1(c1ccc(Br)cc1)O2. The number of hydrogen-bond acceptors (Lipinski definition) is 5. The van der Waals surface area contributed by atoms with Crippen molar-refractivity contribution in [1.82, 2.24) is 10.3 Å². The van der Waals surface area contributed by atoms with E-state index in [2.05, 4.69) is 38.4 Å². The zero-order valence-corrected chi connectivity index (χ0v) is 20.6. The van der Waals surface area contributed by atoms with E-state index in [1.54, 1.807) is 6.07 Å². The first kappa shape index (κ1) is 23.1. The Bertz CT molecular complexity index is 1100. The van der Waals surface area contributed by atoms with Gasteiger partial charge in [0.15, 0.2) is 5.60 Å². The molecule has 3 unspecified atom stereocenters. The number of methoxy groups -OCH3 is 1. The van der Waals surface area contributed by atoms with Crippen LogP contribution in [0.5, 0.6) is 11.6 Å². The fourth-order valence-corrected chi connectivity index (χ4v) is 5.47. The zero-order valence-electron chi connectivity index (χ0n) is 18.2. The average molecular weight is 518 g/mol. The quantitative estimate of drug-likeness (QED) is 0.456. The number of pyridine rings is 1. The minimum absolute atomic E-state index is 0.0502. The maximum Gasteiger partial charge on any atom is 0.224 e. The molecule has 32 heavy (non-hydrogen) atoms. The van der Waals surface area contributed by atoms with Gasteiger partial charge in [0.1, 0.15) is 16.5 Å². The molecular formula is C25H26BrClN2O3. The molecule has 0 bridgehead atoms. The van der Waals surface area contributed by atoms with Crippen LogP contribution < -0.4 is 14.8 Å². The molecule has 7 heteroatoms. The molecule has 168 valence electrons. The van der Waals surface area contributed by atoms with Crippen LogP contribution in [-0.2, 0) is 11.2 Å². The van der Waals surface area contributed by atoms with Crippen LogP contribution in [0, 0.1) is 0 Å². The normalized spacial score (nSPS) is 25.2. The fourth-order valence-electron chi connectivity index (χ4n) is 5.03. The van der Waals surface area contributed by atoms with Crippen molar-refractivity contribution in [3.05, 3.63) is 87.0 Å². The van der Waals surface area contributed by atoms with Crippen LogP contribution >= 0.6 is 27.5 Å². The number of nitrogens with zero attached hydrogens (tertiary/aromatic N) is 1. The Morgan fingerprint density at radius 2 is 1.81 bits per heavy atom. The third-order valence-corrected chi connectivity index (χ3v) is 6.89. The van der Waals surface area contributed by atoms with Crippen LogP contribution in [0.3, 0.4) is 0 Å². The second kappa shape index (κ2) is 9.02. The van der Waals surface area contributed by atoms with E-state index >= 15 is 0 Å². The van der Waals surface area contributed by atoms with Gasteiger partial charge in [0, 0.05) is 16.5 Å². The standard InChI is InChI=1S/C23H19BrClNO3.C2H7N/c1-28-21-20-18(13-19(25)26-21)29-23(15-7-9-16(24)10-8-15)17(11-12-22(20,23)27)14-5-3-2-4-6-14;1-3-2/h2-10,13,17,27H,11-12H2,1H3;3H,1-2H3. The number of rotatable bonds is 3. The van der Waals surface area contributed by atoms with Gasteiger partial charge in [0.05, 0.1) is 12.7 Å². The Hall–Kier alpha value is -2.12. The minimum Gasteiger partial charge on any atom is -0.481 e. The summed E-state index contributed by atoms with van der Waals surface area (Å²) in [7, 11) is 5.28. The van der Waals surface area contributed by atoms with E-state index in [4.69, 9.17) is 21.1 Å². The van der Waals surface area contributed by atoms with Crippen molar-refractivity contribution in [3.8, 4) is 11.6 Å². The summed E-state index contributed by atoms with van der Waals surface area (Å²) in [6, 6.07) is 19.8. The zero-order chi connectivity index (χ0) is 22.9. The Morgan fingerprint density at radius 1 is 1.16 bits per heavy atom. The van der Waals surface area contributed by atoms with Gasteiger partial charge in [0.2, 0.25) is 5.88 Å². The van der Waals surface area contributed by atoms with Crippen molar-refractivity contribution in [2.75, 3.05) is 21.2 Å². The molecule has 5 nitrogen and oxygen atoms in total. The lowest BCUT2D eigenvalue weighted by Crippen LogP contribution is -2.48. The number of aromatic nitrogens is 1. The largest absolute Gasteiger partial charge is 0.481 e. The van der Waals surface area contributed by atoms with E-state index in [1.165, 1.54) is 7.11 Å². The molecule has 3 atom stereocenters. The molecule has 0 radical (unpaired) electrons. The Labute approximate surface area is 201 Å². The Kier molecular flexibility index (Phi) is 6.50. The summed E-state index contributed by atoms with van der Waals surface area (Å²) in [5.74, 6) is 0.779. The van der Waals surface area contributed by atoms with Crippen LogP contribution in [0.25, 0.3) is 0 Å². The summed E-state index contributed by atoms with van der Waals surface area (Å²) in [6.45, 7) is 0. The van der Waals surface area contributed by atoms with Crippen molar-refractivity contribution < 1.29 is 14.6 Å². The van der Waals surface area contributed by atoms with E-state index in [0.29, 0.717) is 23.6 Å². The Morgan fingerprint density at radius 3 is 2.44 bits per heavy atom. The molecule has 1 aromatic heterocycles. The lowest BCUT2D eigenvalue weighted by atomic mass is 9.72. The molecule has 1 saturated carbocycles. The molecule has 2 heterocycles. The maximum absolute atomic E-state index is 12.2. The lowest BCUT2D eigenvalue weighted by Gasteiger charge is -2.40. The number of nitrogens with one attached hydrogen (secondary N) is 1. The Balaban J connectivity index is 0.000000775. The molecule has 0 saturated heterocycles. The van der Waals surface area contributed by atoms with Crippen molar-refractivity contribution in [3.63, 3.8) is 0 Å². The average Bonchev–Trinajstić information content (AvgIpc) is 3.21. The molecule has 3 aromatic rings. The summed E-state index contributed by atoms with van der Waals surface area (Å²) in [6.07, 6.45) is 1.29. The van der Waals surface area contributed by atoms with E-state index in [-0.39, 0.29) is 11.1 Å². The van der Waals surface area contributed by atoms with Crippen molar-refractivity contribution in [1.29, 1.82) is 0 Å². The molecule has 1 fully saturated rings. The summed E-state index contributed by atoms with van der Waals surface area (Å²) < 4.78 is 13.1. The van der Waals surface area contributed by atoms with Gasteiger partial charge < -0.3 is 19.9 Å². The van der Waals surface area contributed by atoms with Crippen LogP contribution in [0.15, 0.2) is 65.1 Å². The number of aliphatic hydroxyl groups is 1. The van der Waals surface area contributed by atoms with Gasteiger partial charge in [-0.3, -0.25) is 0 Å². The van der Waals surface area contributed by atoms with Crippen LogP contribution in [0.1, 0.15) is 35.4 Å². The third-order valence-electron chi connectivity index (χ3n) is 6.17. The highest BCUT2D eigenvalue weighted by atomic mass is 79.9. The first-order valence-corrected chi connectivity index (χ1v) is 11.6. The molecule has 2 N–H and O–H groups in total. The number of fused-ring (bicyclic) bond motifs is 3. The molecule has 5 rings (SSSR count). The second-order valence-corrected chi connectivity index (χ2v) is 9.34. The van der Waals surface area contributed by atoms with Gasteiger partial charge in [-0.05, 0) is 50.2 Å². The molecule has 2 aliphatic rings. The monoisotopic (exact) mass is 516 g/mol. The highest BCUT2D eigenvalue weighted by molar-refractivity contribution is 9.10. The lowest BCUT2D eigenvalue weighted by molar-refractivity contribution is -0.106. The molecular weight excluding hydrogens is 492 g/mol. The number of ether oxygens (including phenoxy) is 2. The van der Waals surface area contributed by atoms with Crippen molar-refractivity contribution in [2.24, 2.45) is 0 Å². The second-order valence-electron chi connectivity index (χ2n) is 8.03. The molecule has 1 aliphatic heterocycles. The minimum atomic E-state index is -1.29. The maximum atomic E-state index is 12.2. The fraction of sp³-hybridized carbons (Fsp3) is 0.320. The topological polar surface area (TPSA) is 63.6 Å². The highest BCUT2D eigenvalue weighted by Crippen LogP contribution is 2.68. The molecule has 0 spiro atoms. The van der Waals surface area contributed by atoms with E-state index in [1.807, 2.05) is 56.6 Å². The van der Waals surface area contributed by atoms with Crippen LogP contribution in [-0.4, -0.2) is 31.3 Å². The number of hydrogen-bond donors (Lipinski definition) is 2. The van der Waals surface area contributed by atoms with Crippen LogP contribution in [0.4, 0.5) is 0 Å². The van der Waals surface area contributed by atoms with Gasteiger partial charge >= 0.3 is 0 Å². The summed E-state index contributed by atoms with van der Waals surface area (Å²) in [5, 5.41) is 15.2. The first-order chi connectivity index (χ1) is 15.4. The van der Waals surface area contributed by atoms with Crippen molar-refractivity contribution in [2.45, 2.75) is 30.0 Å². The first-order valence-electron chi connectivity index (χ1n) is 10.5. The van der Waals surface area contributed by atoms with E-state index in [9.17, 15) is 5.11 Å². The van der Waals surface area contributed by atoms with E-state index in [0.717, 1.165) is 22.0 Å². The summed E-state index contributed by atoms with van der Waals surface area (Å²) in [5.41, 5.74) is 0.309. The van der Waals surface area contributed by atoms with Crippen molar-refractivity contribution >= 4 is 27.5 Å². The third kappa shape index (κ3) is 3.50. The van der Waals surface area contributed by atoms with Gasteiger partial charge in [-0.15, -0.1) is 0 Å². The molecule has 1 aliphatic carbocycles. The predicted octanol–water partition coefficient (Wildman–Crippen LogP) is 5.39. The summed E-state index contributed by atoms with van der Waals surface area (Å²) in [4.78, 5) is 4.30. The summed E-state index contributed by atoms with van der Waals surface area (Å²) >= 11 is 9.72. The van der Waals surface area contributed by atoms with Gasteiger partial charge in [-0.2, -0.15) is 0 Å². The van der Waals surface area contributed by atoms with Crippen LogP contribution in [0.2, 0.25) is 5.15 Å². The van der Waals surface area contributed by atoms with E-state index < -0.39 is 11.2 Å². The number of halogens is 2. The predicted molar refractivity (Wildman–Crippen MR) is 130 cm³/mol. The van der Waals surface area contributed by atoms with Gasteiger partial charge in [-0.1, -0.05) is 70.0 Å². The van der Waals surface area contributed by atoms with Gasteiger partial charge in [0.25, 0.3) is 0 Å². The molecule has 0 amide bonds. The highest BCUT2D eigenvalue weighted by Gasteiger charge is 2.69. The number of benzene rings is 2. The van der Waals surface area contributed by atoms with Gasteiger partial charge in [-0.25, -0.2) is 4.98 Å². The molecule has 2 aromatic carbocycles.